The summed E-state index contributed by atoms with van der Waals surface area (Å²) in [5, 5.41) is 6.78. The Morgan fingerprint density at radius 1 is 1.50 bits per heavy atom. The molecule has 2 saturated heterocycles. The number of carboxylic acid groups (broad SMARTS) is 1. The van der Waals surface area contributed by atoms with Gasteiger partial charge in [-0.3, -0.25) is 9.78 Å². The van der Waals surface area contributed by atoms with E-state index < -0.39 is 38.4 Å². The average molecular weight is 323 g/mol. The zero-order chi connectivity index (χ0) is 16.2. The molecule has 3 atom stereocenters. The lowest BCUT2D eigenvalue weighted by atomic mass is 10.0. The first kappa shape index (κ1) is 14.5. The molecule has 3 N–H and O–H groups in total. The second kappa shape index (κ2) is 4.54. The fourth-order valence-electron chi connectivity index (χ4n) is 2.82. The van der Waals surface area contributed by atoms with E-state index in [0.717, 1.165) is 4.90 Å². The highest BCUT2D eigenvalue weighted by Crippen LogP contribution is 2.43. The summed E-state index contributed by atoms with van der Waals surface area (Å²) in [5.74, 6) is -1.93. The zero-order valence-corrected chi connectivity index (χ0v) is 12.3. The molecular weight excluding hydrogens is 310 g/mol. The van der Waals surface area contributed by atoms with Gasteiger partial charge in [0.15, 0.2) is 15.2 Å². The number of amides is 1. The quantitative estimate of drug-likeness (QED) is 0.553. The molecule has 0 saturated carbocycles. The number of sulfone groups is 1. The van der Waals surface area contributed by atoms with Crippen LogP contribution in [0.4, 0.5) is 5.69 Å². The summed E-state index contributed by atoms with van der Waals surface area (Å²) in [6.45, 7) is 1.30. The first-order valence-corrected chi connectivity index (χ1v) is 8.07. The second-order valence-corrected chi connectivity index (χ2v) is 7.62. The van der Waals surface area contributed by atoms with Crippen molar-refractivity contribution in [3.05, 3.63) is 29.6 Å². The number of pyridine rings is 1. The van der Waals surface area contributed by atoms with Crippen molar-refractivity contribution in [1.29, 1.82) is 0 Å². The SMILES string of the molecule is C[C@@H]1[C@H](C(=O)O)N2C(=O)/C(=C/c3cc(N)ccn3)C2S1(=O)=O. The van der Waals surface area contributed by atoms with E-state index in [1.807, 2.05) is 0 Å². The van der Waals surface area contributed by atoms with Crippen LogP contribution in [0.3, 0.4) is 0 Å². The summed E-state index contributed by atoms with van der Waals surface area (Å²) in [5.41, 5.74) is 6.41. The molecule has 0 bridgehead atoms. The Labute approximate surface area is 126 Å². The van der Waals surface area contributed by atoms with Gasteiger partial charge in [0.25, 0.3) is 5.91 Å². The third-order valence-electron chi connectivity index (χ3n) is 3.94. The lowest BCUT2D eigenvalue weighted by Crippen LogP contribution is -2.58. The van der Waals surface area contributed by atoms with Crippen molar-refractivity contribution in [2.45, 2.75) is 23.6 Å². The number of rotatable bonds is 2. The van der Waals surface area contributed by atoms with E-state index in [0.29, 0.717) is 11.4 Å². The molecule has 3 rings (SSSR count). The van der Waals surface area contributed by atoms with Gasteiger partial charge in [-0.15, -0.1) is 0 Å². The lowest BCUT2D eigenvalue weighted by Gasteiger charge is -2.37. The summed E-state index contributed by atoms with van der Waals surface area (Å²) in [4.78, 5) is 28.3. The van der Waals surface area contributed by atoms with E-state index >= 15 is 0 Å². The Morgan fingerprint density at radius 2 is 2.18 bits per heavy atom. The van der Waals surface area contributed by atoms with Crippen molar-refractivity contribution in [3.8, 4) is 0 Å². The number of aromatic nitrogens is 1. The summed E-state index contributed by atoms with van der Waals surface area (Å²) in [6.07, 6.45) is 2.78. The van der Waals surface area contributed by atoms with Gasteiger partial charge in [0.1, 0.15) is 6.04 Å². The molecule has 0 spiro atoms. The normalized spacial score (nSPS) is 31.0. The molecule has 1 aromatic heterocycles. The van der Waals surface area contributed by atoms with Crippen molar-refractivity contribution >= 4 is 33.5 Å². The monoisotopic (exact) mass is 323 g/mol. The highest BCUT2D eigenvalue weighted by Gasteiger charge is 2.64. The third-order valence-corrected chi connectivity index (χ3v) is 6.33. The Balaban J connectivity index is 2.05. The molecule has 9 heteroatoms. The lowest BCUT2D eigenvalue weighted by molar-refractivity contribution is -0.151. The van der Waals surface area contributed by atoms with Gasteiger partial charge in [-0.05, 0) is 25.1 Å². The highest BCUT2D eigenvalue weighted by atomic mass is 32.2. The Kier molecular flexibility index (Phi) is 2.99. The number of carbonyl (C=O) groups is 2. The Morgan fingerprint density at radius 3 is 2.77 bits per heavy atom. The van der Waals surface area contributed by atoms with Gasteiger partial charge in [-0.2, -0.15) is 0 Å². The van der Waals surface area contributed by atoms with Crippen LogP contribution < -0.4 is 5.73 Å². The minimum Gasteiger partial charge on any atom is -0.480 e. The van der Waals surface area contributed by atoms with Crippen molar-refractivity contribution < 1.29 is 23.1 Å². The molecule has 22 heavy (non-hydrogen) atoms. The van der Waals surface area contributed by atoms with Crippen LogP contribution in [0.15, 0.2) is 23.9 Å². The molecule has 1 aromatic rings. The maximum Gasteiger partial charge on any atom is 0.327 e. The number of carboxylic acids is 1. The smallest absolute Gasteiger partial charge is 0.327 e. The molecule has 2 aliphatic heterocycles. The number of hydrogen-bond acceptors (Lipinski definition) is 6. The van der Waals surface area contributed by atoms with Crippen molar-refractivity contribution in [2.75, 3.05) is 5.73 Å². The van der Waals surface area contributed by atoms with Gasteiger partial charge in [0.05, 0.1) is 16.5 Å². The number of hydrogen-bond donors (Lipinski definition) is 2. The van der Waals surface area contributed by atoms with Gasteiger partial charge in [-0.25, -0.2) is 13.2 Å². The summed E-state index contributed by atoms with van der Waals surface area (Å²) in [6, 6.07) is 1.71. The largest absolute Gasteiger partial charge is 0.480 e. The molecule has 2 fully saturated rings. The van der Waals surface area contributed by atoms with Crippen LogP contribution in [0.2, 0.25) is 0 Å². The molecule has 1 amide bonds. The third kappa shape index (κ3) is 1.82. The van der Waals surface area contributed by atoms with Gasteiger partial charge >= 0.3 is 5.97 Å². The van der Waals surface area contributed by atoms with E-state index in [-0.39, 0.29) is 5.57 Å². The molecule has 1 unspecified atom stereocenters. The average Bonchev–Trinajstić information content (AvgIpc) is 2.62. The Bertz CT molecular complexity index is 817. The van der Waals surface area contributed by atoms with Gasteiger partial charge in [0.2, 0.25) is 0 Å². The van der Waals surface area contributed by atoms with E-state index in [4.69, 9.17) is 10.8 Å². The molecule has 0 aliphatic carbocycles. The number of β-lactam (4-membered cyclic amide) rings is 1. The minimum atomic E-state index is -3.78. The van der Waals surface area contributed by atoms with Crippen molar-refractivity contribution in [1.82, 2.24) is 9.88 Å². The van der Waals surface area contributed by atoms with Crippen molar-refractivity contribution in [2.24, 2.45) is 0 Å². The summed E-state index contributed by atoms with van der Waals surface area (Å²) in [7, 11) is -3.78. The van der Waals surface area contributed by atoms with Gasteiger partial charge in [0, 0.05) is 11.9 Å². The molecule has 3 heterocycles. The summed E-state index contributed by atoms with van der Waals surface area (Å²) >= 11 is 0. The Hall–Kier alpha value is -2.42. The first-order valence-electron chi connectivity index (χ1n) is 6.46. The fourth-order valence-corrected chi connectivity index (χ4v) is 4.90. The first-order chi connectivity index (χ1) is 10.2. The highest BCUT2D eigenvalue weighted by molar-refractivity contribution is 7.93. The second-order valence-electron chi connectivity index (χ2n) is 5.26. The topological polar surface area (TPSA) is 131 Å². The predicted molar refractivity (Wildman–Crippen MR) is 77.1 cm³/mol. The van der Waals surface area contributed by atoms with Gasteiger partial charge in [-0.1, -0.05) is 0 Å². The van der Waals surface area contributed by atoms with Crippen LogP contribution in [-0.2, 0) is 19.4 Å². The van der Waals surface area contributed by atoms with Crippen LogP contribution in [0.1, 0.15) is 12.6 Å². The standard InChI is InChI=1S/C13H13N3O5S/c1-6-10(13(18)19)16-11(17)9(12(16)22(6,20)21)5-8-4-7(14)2-3-15-8/h2-6,10,12H,1H3,(H2,14,15)(H,18,19)/b9-5-/t6-,10-,12?/m1/s1. The van der Waals surface area contributed by atoms with E-state index in [1.165, 1.54) is 25.3 Å². The number of aliphatic carboxylic acids is 1. The van der Waals surface area contributed by atoms with E-state index in [2.05, 4.69) is 4.98 Å². The minimum absolute atomic E-state index is 0.0219. The van der Waals surface area contributed by atoms with Gasteiger partial charge < -0.3 is 15.7 Å². The number of carbonyl (C=O) groups excluding carboxylic acids is 1. The molecule has 2 aliphatic rings. The molecular formula is C13H13N3O5S. The number of nitrogens with two attached hydrogens (primary N) is 1. The van der Waals surface area contributed by atoms with Crippen LogP contribution in [0.5, 0.6) is 0 Å². The van der Waals surface area contributed by atoms with Crippen LogP contribution in [0, 0.1) is 0 Å². The predicted octanol–water partition coefficient (Wildman–Crippen LogP) is -0.514. The maximum atomic E-state index is 12.3. The maximum absolute atomic E-state index is 12.3. The molecule has 0 radical (unpaired) electrons. The zero-order valence-electron chi connectivity index (χ0n) is 11.5. The number of fused-ring (bicyclic) bond motifs is 1. The van der Waals surface area contributed by atoms with E-state index in [9.17, 15) is 18.0 Å². The number of nitrogens with zero attached hydrogens (tertiary/aromatic N) is 2. The summed E-state index contributed by atoms with van der Waals surface area (Å²) < 4.78 is 24.7. The van der Waals surface area contributed by atoms with Crippen LogP contribution >= 0.6 is 0 Å². The van der Waals surface area contributed by atoms with Crippen molar-refractivity contribution in [3.63, 3.8) is 0 Å². The van der Waals surface area contributed by atoms with Crippen LogP contribution in [0.25, 0.3) is 6.08 Å². The number of anilines is 1. The molecule has 116 valence electrons. The molecule has 0 aromatic carbocycles. The van der Waals surface area contributed by atoms with Crippen LogP contribution in [-0.4, -0.2) is 52.0 Å². The number of nitrogen functional groups attached to an aromatic ring is 1. The fraction of sp³-hybridized carbons (Fsp3) is 0.308. The van der Waals surface area contributed by atoms with E-state index in [1.54, 1.807) is 6.07 Å². The molecule has 8 nitrogen and oxygen atoms in total.